The van der Waals surface area contributed by atoms with Gasteiger partial charge in [0.1, 0.15) is 0 Å². The predicted molar refractivity (Wildman–Crippen MR) is 142 cm³/mol. The highest BCUT2D eigenvalue weighted by Gasteiger charge is 2.35. The van der Waals surface area contributed by atoms with Gasteiger partial charge in [-0.1, -0.05) is 29.8 Å². The maximum absolute atomic E-state index is 14.2. The number of ether oxygens (including phenoxy) is 2. The number of rotatable bonds is 7. The van der Waals surface area contributed by atoms with Crippen molar-refractivity contribution in [3.05, 3.63) is 104 Å². The number of benzene rings is 3. The van der Waals surface area contributed by atoms with Gasteiger partial charge in [0.05, 0.1) is 28.9 Å². The molecule has 8 nitrogen and oxygen atoms in total. The Balaban J connectivity index is 2.04. The van der Waals surface area contributed by atoms with Gasteiger partial charge in [0.15, 0.2) is 11.5 Å². The first-order valence-electron chi connectivity index (χ1n) is 12.0. The molecular weight excluding hydrogens is 492 g/mol. The number of sulfone groups is 1. The molecule has 0 bridgehead atoms. The third-order valence-electron chi connectivity index (χ3n) is 6.70. The van der Waals surface area contributed by atoms with Gasteiger partial charge in [-0.25, -0.2) is 8.42 Å². The van der Waals surface area contributed by atoms with Crippen molar-refractivity contribution < 1.29 is 22.8 Å². The third-order valence-corrected chi connectivity index (χ3v) is 8.56. The van der Waals surface area contributed by atoms with Crippen LogP contribution in [0.15, 0.2) is 76.7 Å². The van der Waals surface area contributed by atoms with Gasteiger partial charge in [-0.2, -0.15) is 0 Å². The molecular formula is C28H30N2O6S. The molecule has 3 aromatic carbocycles. The van der Waals surface area contributed by atoms with Crippen LogP contribution >= 0.6 is 0 Å². The monoisotopic (exact) mass is 522 g/mol. The van der Waals surface area contributed by atoms with E-state index in [4.69, 9.17) is 9.47 Å². The van der Waals surface area contributed by atoms with Gasteiger partial charge < -0.3 is 14.4 Å². The lowest BCUT2D eigenvalue weighted by molar-refractivity contribution is -0.384. The van der Waals surface area contributed by atoms with Gasteiger partial charge in [-0.15, -0.1) is 0 Å². The van der Waals surface area contributed by atoms with Gasteiger partial charge in [0.25, 0.3) is 5.69 Å². The molecule has 0 saturated carbocycles. The molecule has 0 N–H and O–H groups in total. The standard InChI is InChI=1S/C28H30N2O6S/c1-5-29-15-14-21-16-25(35-3)26(36-4)17-24(21)28(20-8-10-22(11-9-20)30(31)32)27(18-29)37(33,34)23-12-6-19(2)7-13-23/h6-13,16-18,28H,5,14-15H2,1-4H3/b27-18+. The number of fused-ring (bicyclic) bond motifs is 1. The number of hydrogen-bond donors (Lipinski definition) is 0. The van der Waals surface area contributed by atoms with Crippen molar-refractivity contribution in [2.24, 2.45) is 0 Å². The molecule has 0 aliphatic carbocycles. The summed E-state index contributed by atoms with van der Waals surface area (Å²) in [6.07, 6.45) is 2.38. The zero-order chi connectivity index (χ0) is 26.7. The summed E-state index contributed by atoms with van der Waals surface area (Å²) in [5.74, 6) is 0.309. The zero-order valence-electron chi connectivity index (χ0n) is 21.3. The maximum atomic E-state index is 14.2. The summed E-state index contributed by atoms with van der Waals surface area (Å²) in [6.45, 7) is 5.10. The lowest BCUT2D eigenvalue weighted by Crippen LogP contribution is -2.27. The van der Waals surface area contributed by atoms with Crippen molar-refractivity contribution in [3.63, 3.8) is 0 Å². The van der Waals surface area contributed by atoms with E-state index in [1.807, 2.05) is 30.9 Å². The van der Waals surface area contributed by atoms with E-state index in [1.165, 1.54) is 19.2 Å². The quantitative estimate of drug-likeness (QED) is 0.309. The fraction of sp³-hybridized carbons (Fsp3) is 0.286. The number of likely N-dealkylation sites (N-methyl/N-ethyl adjacent to an activating group) is 1. The second-order valence-corrected chi connectivity index (χ2v) is 10.9. The highest BCUT2D eigenvalue weighted by atomic mass is 32.2. The number of nitrogens with zero attached hydrogens (tertiary/aromatic N) is 2. The second-order valence-electron chi connectivity index (χ2n) is 8.91. The first-order chi connectivity index (χ1) is 17.7. The highest BCUT2D eigenvalue weighted by molar-refractivity contribution is 7.95. The van der Waals surface area contributed by atoms with Crippen LogP contribution in [0.1, 0.15) is 35.1 Å². The summed E-state index contributed by atoms with van der Waals surface area (Å²) >= 11 is 0. The van der Waals surface area contributed by atoms with E-state index in [2.05, 4.69) is 0 Å². The number of hydrogen-bond acceptors (Lipinski definition) is 7. The molecule has 1 aliphatic rings. The van der Waals surface area contributed by atoms with Crippen LogP contribution in [0.25, 0.3) is 0 Å². The first kappa shape index (κ1) is 26.2. The summed E-state index contributed by atoms with van der Waals surface area (Å²) in [5, 5.41) is 11.3. The van der Waals surface area contributed by atoms with Crippen molar-refractivity contribution in [2.45, 2.75) is 31.1 Å². The number of nitro groups is 1. The molecule has 0 fully saturated rings. The Morgan fingerprint density at radius 2 is 1.62 bits per heavy atom. The van der Waals surface area contributed by atoms with Gasteiger partial charge in [0, 0.05) is 37.3 Å². The molecule has 3 aromatic rings. The van der Waals surface area contributed by atoms with Crippen LogP contribution < -0.4 is 9.47 Å². The van der Waals surface area contributed by atoms with Crippen molar-refractivity contribution in [1.82, 2.24) is 4.90 Å². The lowest BCUT2D eigenvalue weighted by Gasteiger charge is -2.31. The Labute approximate surface area is 217 Å². The van der Waals surface area contributed by atoms with Crippen molar-refractivity contribution >= 4 is 15.5 Å². The first-order valence-corrected chi connectivity index (χ1v) is 13.4. The summed E-state index contributed by atoms with van der Waals surface area (Å²) in [7, 11) is -0.853. The van der Waals surface area contributed by atoms with Crippen LogP contribution in [0.5, 0.6) is 11.5 Å². The van der Waals surface area contributed by atoms with Crippen LogP contribution in [0, 0.1) is 17.0 Å². The molecule has 0 saturated heterocycles. The smallest absolute Gasteiger partial charge is 0.269 e. The van der Waals surface area contributed by atoms with Crippen LogP contribution in [0.2, 0.25) is 0 Å². The Morgan fingerprint density at radius 3 is 2.19 bits per heavy atom. The van der Waals surface area contributed by atoms with Crippen LogP contribution in [0.4, 0.5) is 5.69 Å². The normalized spacial score (nSPS) is 17.1. The minimum absolute atomic E-state index is 0.0655. The van der Waals surface area contributed by atoms with E-state index in [-0.39, 0.29) is 15.5 Å². The Morgan fingerprint density at radius 1 is 1.00 bits per heavy atom. The summed E-state index contributed by atoms with van der Waals surface area (Å²) in [4.78, 5) is 13.2. The average molecular weight is 523 g/mol. The molecule has 1 aliphatic heterocycles. The van der Waals surface area contributed by atoms with Crippen molar-refractivity contribution in [1.29, 1.82) is 0 Å². The number of allylic oxidation sites excluding steroid dienone is 1. The average Bonchev–Trinajstić information content (AvgIpc) is 2.89. The molecule has 1 heterocycles. The molecule has 0 spiro atoms. The molecule has 0 amide bonds. The number of aryl methyl sites for hydroxylation is 1. The second kappa shape index (κ2) is 10.6. The Kier molecular flexibility index (Phi) is 7.54. The van der Waals surface area contributed by atoms with E-state index < -0.39 is 20.7 Å². The van der Waals surface area contributed by atoms with Gasteiger partial charge in [-0.3, -0.25) is 10.1 Å². The van der Waals surface area contributed by atoms with E-state index in [1.54, 1.807) is 49.7 Å². The molecule has 1 atom stereocenters. The highest BCUT2D eigenvalue weighted by Crippen LogP contribution is 2.44. The fourth-order valence-electron chi connectivity index (χ4n) is 4.62. The van der Waals surface area contributed by atoms with E-state index in [0.717, 1.165) is 16.7 Å². The number of non-ortho nitro benzene ring substituents is 1. The Bertz CT molecular complexity index is 1430. The lowest BCUT2D eigenvalue weighted by atomic mass is 9.85. The van der Waals surface area contributed by atoms with Crippen LogP contribution in [-0.2, 0) is 16.3 Å². The van der Waals surface area contributed by atoms with Crippen LogP contribution in [0.3, 0.4) is 0 Å². The molecule has 194 valence electrons. The molecule has 0 aromatic heterocycles. The van der Waals surface area contributed by atoms with Gasteiger partial charge >= 0.3 is 0 Å². The molecule has 37 heavy (non-hydrogen) atoms. The van der Waals surface area contributed by atoms with Crippen LogP contribution in [-0.4, -0.2) is 45.6 Å². The summed E-state index contributed by atoms with van der Waals surface area (Å²) < 4.78 is 39.5. The zero-order valence-corrected chi connectivity index (χ0v) is 22.1. The summed E-state index contributed by atoms with van der Waals surface area (Å²) in [6, 6.07) is 16.5. The summed E-state index contributed by atoms with van der Waals surface area (Å²) in [5.41, 5.74) is 3.19. The van der Waals surface area contributed by atoms with Gasteiger partial charge in [-0.05, 0) is 61.2 Å². The van der Waals surface area contributed by atoms with E-state index in [0.29, 0.717) is 36.6 Å². The SMILES string of the molecule is CCN1/C=C(/S(=O)(=O)c2ccc(C)cc2)C(c2ccc([N+](=O)[O-])cc2)c2cc(OC)c(OC)cc2CC1. The number of nitro benzene ring substituents is 1. The molecule has 4 rings (SSSR count). The third kappa shape index (κ3) is 5.17. The number of methoxy groups -OCH3 is 2. The topological polar surface area (TPSA) is 99.0 Å². The molecule has 0 radical (unpaired) electrons. The Hall–Kier alpha value is -3.85. The van der Waals surface area contributed by atoms with Gasteiger partial charge in [0.2, 0.25) is 9.84 Å². The fourth-order valence-corrected chi connectivity index (χ4v) is 6.25. The van der Waals surface area contributed by atoms with E-state index >= 15 is 0 Å². The van der Waals surface area contributed by atoms with Crippen molar-refractivity contribution in [3.8, 4) is 11.5 Å². The van der Waals surface area contributed by atoms with E-state index in [9.17, 15) is 18.5 Å². The maximum Gasteiger partial charge on any atom is 0.269 e. The minimum Gasteiger partial charge on any atom is -0.493 e. The molecule has 1 unspecified atom stereocenters. The largest absolute Gasteiger partial charge is 0.493 e. The molecule has 9 heteroatoms. The van der Waals surface area contributed by atoms with Crippen molar-refractivity contribution in [2.75, 3.05) is 27.3 Å². The predicted octanol–water partition coefficient (Wildman–Crippen LogP) is 5.25. The minimum atomic E-state index is -3.95.